The molecule has 2 rings (SSSR count). The van der Waals surface area contributed by atoms with E-state index >= 15 is 0 Å². The van der Waals surface area contributed by atoms with Crippen LogP contribution in [0.1, 0.15) is 32.5 Å². The fraction of sp³-hybridized carbons (Fsp3) is 0.200. The quantitative estimate of drug-likeness (QED) is 0.860. The number of ether oxygens (including phenoxy) is 1. The highest BCUT2D eigenvalue weighted by Crippen LogP contribution is 2.29. The topological polar surface area (TPSA) is 55.4 Å². The molecule has 2 aromatic rings. The average molecular weight is 324 g/mol. The van der Waals surface area contributed by atoms with Crippen LogP contribution in [0.2, 0.25) is 5.02 Å². The molecule has 0 aliphatic rings. The molecule has 4 nitrogen and oxygen atoms in total. The second-order valence-corrected chi connectivity index (χ2v) is 5.98. The molecule has 110 valence electrons. The van der Waals surface area contributed by atoms with Gasteiger partial charge in [-0.25, -0.2) is 4.79 Å². The zero-order chi connectivity index (χ0) is 15.4. The predicted octanol–water partition coefficient (Wildman–Crippen LogP) is 4.14. The molecule has 1 heterocycles. The van der Waals surface area contributed by atoms with Gasteiger partial charge in [-0.15, -0.1) is 11.3 Å². The van der Waals surface area contributed by atoms with Crippen molar-refractivity contribution in [2.75, 3.05) is 11.9 Å². The van der Waals surface area contributed by atoms with Crippen LogP contribution in [0.15, 0.2) is 30.3 Å². The van der Waals surface area contributed by atoms with E-state index in [1.165, 1.54) is 11.3 Å². The number of thiophene rings is 1. The third-order valence-corrected chi connectivity index (χ3v) is 3.87. The summed E-state index contributed by atoms with van der Waals surface area (Å²) in [5.74, 6) is -0.756. The summed E-state index contributed by atoms with van der Waals surface area (Å²) < 4.78 is 4.98. The van der Waals surface area contributed by atoms with E-state index in [9.17, 15) is 9.59 Å². The molecule has 0 saturated heterocycles. The molecule has 0 spiro atoms. The van der Waals surface area contributed by atoms with Crippen molar-refractivity contribution in [3.63, 3.8) is 0 Å². The van der Waals surface area contributed by atoms with Crippen LogP contribution in [0.5, 0.6) is 0 Å². The highest BCUT2D eigenvalue weighted by atomic mass is 35.5. The second-order valence-electron chi connectivity index (χ2n) is 4.28. The first-order valence-corrected chi connectivity index (χ1v) is 7.55. The smallest absolute Gasteiger partial charge is 0.341 e. The van der Waals surface area contributed by atoms with Gasteiger partial charge in [0.1, 0.15) is 5.00 Å². The van der Waals surface area contributed by atoms with E-state index in [4.69, 9.17) is 16.3 Å². The van der Waals surface area contributed by atoms with Gasteiger partial charge in [-0.05, 0) is 38.1 Å². The molecule has 1 N–H and O–H groups in total. The Hall–Kier alpha value is -1.85. The summed E-state index contributed by atoms with van der Waals surface area (Å²) >= 11 is 7.20. The van der Waals surface area contributed by atoms with E-state index in [1.54, 1.807) is 37.3 Å². The molecule has 1 amide bonds. The third kappa shape index (κ3) is 3.83. The van der Waals surface area contributed by atoms with Gasteiger partial charge >= 0.3 is 5.97 Å². The fourth-order valence-corrected chi connectivity index (χ4v) is 2.86. The highest BCUT2D eigenvalue weighted by molar-refractivity contribution is 7.16. The van der Waals surface area contributed by atoms with Gasteiger partial charge in [-0.1, -0.05) is 17.7 Å². The summed E-state index contributed by atoms with van der Waals surface area (Å²) in [6.45, 7) is 3.89. The molecular formula is C15H14ClNO3S. The van der Waals surface area contributed by atoms with Gasteiger partial charge in [0.05, 0.1) is 12.2 Å². The number of rotatable bonds is 4. The van der Waals surface area contributed by atoms with Crippen molar-refractivity contribution in [3.05, 3.63) is 51.4 Å². The Labute approximate surface area is 131 Å². The van der Waals surface area contributed by atoms with Crippen LogP contribution in [0.3, 0.4) is 0 Å². The minimum atomic E-state index is -0.441. The van der Waals surface area contributed by atoms with Gasteiger partial charge in [-0.3, -0.25) is 4.79 Å². The lowest BCUT2D eigenvalue weighted by Gasteiger charge is -2.06. The summed E-state index contributed by atoms with van der Waals surface area (Å²) in [4.78, 5) is 25.0. The van der Waals surface area contributed by atoms with Crippen molar-refractivity contribution in [1.82, 2.24) is 0 Å². The number of aryl methyl sites for hydroxylation is 1. The standard InChI is InChI=1S/C15H14ClNO3S/c1-3-20-15(19)12-7-9(2)21-14(12)17-13(18)10-5-4-6-11(16)8-10/h4-8H,3H2,1-2H3,(H,17,18). The first kappa shape index (κ1) is 15.5. The molecule has 0 atom stereocenters. The summed E-state index contributed by atoms with van der Waals surface area (Å²) in [5, 5.41) is 3.70. The van der Waals surface area contributed by atoms with E-state index in [1.807, 2.05) is 6.92 Å². The SMILES string of the molecule is CCOC(=O)c1cc(C)sc1NC(=O)c1cccc(Cl)c1. The molecule has 1 aromatic carbocycles. The van der Waals surface area contributed by atoms with E-state index in [0.717, 1.165) is 4.88 Å². The summed E-state index contributed by atoms with van der Waals surface area (Å²) in [6, 6.07) is 8.32. The summed E-state index contributed by atoms with van der Waals surface area (Å²) in [6.07, 6.45) is 0. The Morgan fingerprint density at radius 3 is 2.76 bits per heavy atom. The van der Waals surface area contributed by atoms with Gasteiger partial charge < -0.3 is 10.1 Å². The Bertz CT molecular complexity index is 681. The number of halogens is 1. The molecule has 6 heteroatoms. The van der Waals surface area contributed by atoms with E-state index in [0.29, 0.717) is 21.2 Å². The van der Waals surface area contributed by atoms with Crippen molar-refractivity contribution >= 4 is 39.8 Å². The first-order valence-electron chi connectivity index (χ1n) is 6.35. The Kier molecular flexibility index (Phi) is 4.98. The van der Waals surface area contributed by atoms with Crippen LogP contribution in [0.25, 0.3) is 0 Å². The fourth-order valence-electron chi connectivity index (χ4n) is 1.77. The minimum Gasteiger partial charge on any atom is -0.462 e. The highest BCUT2D eigenvalue weighted by Gasteiger charge is 2.18. The number of carbonyl (C=O) groups is 2. The number of nitrogens with one attached hydrogen (secondary N) is 1. The van der Waals surface area contributed by atoms with E-state index < -0.39 is 5.97 Å². The number of esters is 1. The maximum absolute atomic E-state index is 12.2. The van der Waals surface area contributed by atoms with Crippen LogP contribution >= 0.6 is 22.9 Å². The van der Waals surface area contributed by atoms with Gasteiger partial charge in [0.15, 0.2) is 0 Å². The summed E-state index contributed by atoms with van der Waals surface area (Å²) in [5.41, 5.74) is 0.804. The van der Waals surface area contributed by atoms with Crippen molar-refractivity contribution < 1.29 is 14.3 Å². The number of benzene rings is 1. The maximum Gasteiger partial charge on any atom is 0.341 e. The van der Waals surface area contributed by atoms with Crippen LogP contribution in [-0.4, -0.2) is 18.5 Å². The number of anilines is 1. The van der Waals surface area contributed by atoms with Gasteiger partial charge in [0, 0.05) is 15.5 Å². The largest absolute Gasteiger partial charge is 0.462 e. The normalized spacial score (nSPS) is 10.2. The van der Waals surface area contributed by atoms with Crippen LogP contribution in [-0.2, 0) is 4.74 Å². The van der Waals surface area contributed by atoms with Crippen molar-refractivity contribution in [3.8, 4) is 0 Å². The number of carbonyl (C=O) groups excluding carboxylic acids is 2. The molecule has 0 saturated carbocycles. The summed E-state index contributed by atoms with van der Waals surface area (Å²) in [7, 11) is 0. The molecule has 0 aliphatic heterocycles. The van der Waals surface area contributed by atoms with E-state index in [2.05, 4.69) is 5.32 Å². The number of amides is 1. The Morgan fingerprint density at radius 1 is 1.33 bits per heavy atom. The maximum atomic E-state index is 12.2. The van der Waals surface area contributed by atoms with Crippen molar-refractivity contribution in [1.29, 1.82) is 0 Å². The third-order valence-electron chi connectivity index (χ3n) is 2.66. The van der Waals surface area contributed by atoms with Crippen LogP contribution in [0.4, 0.5) is 5.00 Å². The van der Waals surface area contributed by atoms with E-state index in [-0.39, 0.29) is 12.5 Å². The van der Waals surface area contributed by atoms with Gasteiger partial charge in [0.25, 0.3) is 5.91 Å². The van der Waals surface area contributed by atoms with Crippen molar-refractivity contribution in [2.24, 2.45) is 0 Å². The monoisotopic (exact) mass is 323 g/mol. The molecule has 0 aliphatic carbocycles. The molecule has 0 radical (unpaired) electrons. The lowest BCUT2D eigenvalue weighted by atomic mass is 10.2. The number of hydrogen-bond donors (Lipinski definition) is 1. The van der Waals surface area contributed by atoms with Crippen LogP contribution in [0, 0.1) is 6.92 Å². The van der Waals surface area contributed by atoms with Gasteiger partial charge in [0.2, 0.25) is 0 Å². The zero-order valence-electron chi connectivity index (χ0n) is 11.6. The molecule has 0 fully saturated rings. The lowest BCUT2D eigenvalue weighted by Crippen LogP contribution is -2.14. The molecule has 0 unspecified atom stereocenters. The molecule has 21 heavy (non-hydrogen) atoms. The second kappa shape index (κ2) is 6.74. The minimum absolute atomic E-state index is 0.287. The lowest BCUT2D eigenvalue weighted by molar-refractivity contribution is 0.0528. The Balaban J connectivity index is 2.23. The average Bonchev–Trinajstić information content (AvgIpc) is 2.80. The predicted molar refractivity (Wildman–Crippen MR) is 84.4 cm³/mol. The van der Waals surface area contributed by atoms with Gasteiger partial charge in [-0.2, -0.15) is 0 Å². The molecule has 1 aromatic heterocycles. The zero-order valence-corrected chi connectivity index (χ0v) is 13.2. The van der Waals surface area contributed by atoms with Crippen LogP contribution < -0.4 is 5.32 Å². The Morgan fingerprint density at radius 2 is 2.10 bits per heavy atom. The number of hydrogen-bond acceptors (Lipinski definition) is 4. The molecule has 0 bridgehead atoms. The first-order chi connectivity index (χ1) is 10.0. The molecular weight excluding hydrogens is 310 g/mol. The van der Waals surface area contributed by atoms with Crippen molar-refractivity contribution in [2.45, 2.75) is 13.8 Å².